The van der Waals surface area contributed by atoms with Crippen molar-refractivity contribution in [3.05, 3.63) is 0 Å². The van der Waals surface area contributed by atoms with Gasteiger partial charge in [0.25, 0.3) is 0 Å². The molecule has 0 heterocycles. The number of rotatable bonds is 5. The van der Waals surface area contributed by atoms with Crippen molar-refractivity contribution in [2.75, 3.05) is 13.7 Å². The number of methoxy groups -OCH3 is 1. The number of hydrogen-bond acceptors (Lipinski definition) is 2. The smallest absolute Gasteiger partial charge is 0.0476 e. The summed E-state index contributed by atoms with van der Waals surface area (Å²) in [5.41, 5.74) is 0. The lowest BCUT2D eigenvalue weighted by Gasteiger charge is -2.35. The van der Waals surface area contributed by atoms with Crippen LogP contribution in [0.25, 0.3) is 0 Å². The second-order valence-electron chi connectivity index (χ2n) is 5.35. The van der Waals surface area contributed by atoms with Crippen LogP contribution in [0.4, 0.5) is 0 Å². The van der Waals surface area contributed by atoms with E-state index in [-0.39, 0.29) is 0 Å². The molecule has 0 aromatic rings. The summed E-state index contributed by atoms with van der Waals surface area (Å²) in [6.45, 7) is 7.89. The summed E-state index contributed by atoms with van der Waals surface area (Å²) in [7, 11) is 1.78. The van der Waals surface area contributed by atoms with Crippen molar-refractivity contribution in [2.24, 2.45) is 11.8 Å². The molecular formula is C13H27NO. The van der Waals surface area contributed by atoms with E-state index in [2.05, 4.69) is 26.1 Å². The Morgan fingerprint density at radius 1 is 1.33 bits per heavy atom. The van der Waals surface area contributed by atoms with Gasteiger partial charge in [0, 0.05) is 25.8 Å². The molecule has 4 atom stereocenters. The van der Waals surface area contributed by atoms with Crippen LogP contribution in [-0.2, 0) is 4.74 Å². The van der Waals surface area contributed by atoms with Gasteiger partial charge < -0.3 is 10.1 Å². The minimum atomic E-state index is 0.586. The second kappa shape index (κ2) is 6.49. The van der Waals surface area contributed by atoms with E-state index in [9.17, 15) is 0 Å². The fourth-order valence-electron chi connectivity index (χ4n) is 2.51. The van der Waals surface area contributed by atoms with Gasteiger partial charge in [-0.3, -0.25) is 0 Å². The molecular weight excluding hydrogens is 186 g/mol. The van der Waals surface area contributed by atoms with Crippen LogP contribution in [-0.4, -0.2) is 25.8 Å². The molecule has 1 fully saturated rings. The predicted octanol–water partition coefficient (Wildman–Crippen LogP) is 2.83. The summed E-state index contributed by atoms with van der Waals surface area (Å²) >= 11 is 0. The van der Waals surface area contributed by atoms with Gasteiger partial charge in [-0.15, -0.1) is 0 Å². The molecule has 2 nitrogen and oxygen atoms in total. The van der Waals surface area contributed by atoms with Crippen LogP contribution in [0.3, 0.4) is 0 Å². The van der Waals surface area contributed by atoms with Gasteiger partial charge in [-0.2, -0.15) is 0 Å². The molecule has 1 rings (SSSR count). The van der Waals surface area contributed by atoms with Crippen LogP contribution in [0.1, 0.15) is 46.5 Å². The molecule has 0 bridgehead atoms. The third-order valence-electron chi connectivity index (χ3n) is 3.71. The molecule has 1 N–H and O–H groups in total. The maximum Gasteiger partial charge on any atom is 0.0476 e. The zero-order valence-corrected chi connectivity index (χ0v) is 10.8. The summed E-state index contributed by atoms with van der Waals surface area (Å²) < 4.78 is 5.11. The largest absolute Gasteiger partial charge is 0.385 e. The van der Waals surface area contributed by atoms with Gasteiger partial charge >= 0.3 is 0 Å². The van der Waals surface area contributed by atoms with E-state index in [4.69, 9.17) is 4.74 Å². The van der Waals surface area contributed by atoms with Crippen molar-refractivity contribution in [3.8, 4) is 0 Å². The summed E-state index contributed by atoms with van der Waals surface area (Å²) in [5, 5.41) is 3.75. The highest BCUT2D eigenvalue weighted by molar-refractivity contribution is 4.83. The fraction of sp³-hybridized carbons (Fsp3) is 1.00. The molecule has 4 unspecified atom stereocenters. The van der Waals surface area contributed by atoms with Crippen molar-refractivity contribution < 1.29 is 4.74 Å². The molecule has 0 saturated heterocycles. The lowest BCUT2D eigenvalue weighted by Crippen LogP contribution is -2.44. The van der Waals surface area contributed by atoms with Crippen molar-refractivity contribution >= 4 is 0 Å². The van der Waals surface area contributed by atoms with Crippen LogP contribution in [0.2, 0.25) is 0 Å². The monoisotopic (exact) mass is 213 g/mol. The first-order valence-electron chi connectivity index (χ1n) is 6.38. The zero-order valence-electron chi connectivity index (χ0n) is 10.8. The van der Waals surface area contributed by atoms with Gasteiger partial charge in [0.1, 0.15) is 0 Å². The minimum absolute atomic E-state index is 0.586. The number of ether oxygens (including phenoxy) is 1. The maximum atomic E-state index is 5.11. The number of hydrogen-bond donors (Lipinski definition) is 1. The first kappa shape index (κ1) is 13.0. The van der Waals surface area contributed by atoms with Crippen LogP contribution in [0.5, 0.6) is 0 Å². The van der Waals surface area contributed by atoms with E-state index < -0.39 is 0 Å². The van der Waals surface area contributed by atoms with Gasteiger partial charge in [-0.05, 0) is 38.0 Å². The van der Waals surface area contributed by atoms with Crippen molar-refractivity contribution in [1.29, 1.82) is 0 Å². The molecule has 1 aliphatic carbocycles. The molecule has 0 aliphatic heterocycles. The third kappa shape index (κ3) is 4.52. The van der Waals surface area contributed by atoms with E-state index >= 15 is 0 Å². The number of nitrogens with one attached hydrogen (secondary N) is 1. The highest BCUT2D eigenvalue weighted by Gasteiger charge is 2.25. The molecule has 1 aliphatic rings. The quantitative estimate of drug-likeness (QED) is 0.758. The topological polar surface area (TPSA) is 21.3 Å². The van der Waals surface area contributed by atoms with Gasteiger partial charge in [0.15, 0.2) is 0 Å². The Hall–Kier alpha value is -0.0800. The molecule has 90 valence electrons. The molecule has 0 aromatic carbocycles. The Morgan fingerprint density at radius 2 is 2.07 bits per heavy atom. The predicted molar refractivity (Wildman–Crippen MR) is 65.1 cm³/mol. The highest BCUT2D eigenvalue weighted by Crippen LogP contribution is 2.28. The lowest BCUT2D eigenvalue weighted by atomic mass is 9.80. The van der Waals surface area contributed by atoms with E-state index in [1.165, 1.54) is 19.3 Å². The molecule has 0 radical (unpaired) electrons. The molecule has 0 aromatic heterocycles. The Labute approximate surface area is 94.8 Å². The van der Waals surface area contributed by atoms with Gasteiger partial charge in [0.2, 0.25) is 0 Å². The van der Waals surface area contributed by atoms with Gasteiger partial charge in [-0.25, -0.2) is 0 Å². The zero-order chi connectivity index (χ0) is 11.3. The molecule has 2 heteroatoms. The summed E-state index contributed by atoms with van der Waals surface area (Å²) in [6.07, 6.45) is 5.26. The average molecular weight is 213 g/mol. The van der Waals surface area contributed by atoms with Crippen LogP contribution >= 0.6 is 0 Å². The first-order chi connectivity index (χ1) is 7.13. The molecule has 0 amide bonds. The maximum absolute atomic E-state index is 5.11. The SMILES string of the molecule is COCCC(C)NC1CC(C)CCC1C. The van der Waals surface area contributed by atoms with Crippen molar-refractivity contribution in [3.63, 3.8) is 0 Å². The van der Waals surface area contributed by atoms with E-state index in [0.29, 0.717) is 6.04 Å². The lowest BCUT2D eigenvalue weighted by molar-refractivity contribution is 0.168. The van der Waals surface area contributed by atoms with E-state index in [0.717, 1.165) is 30.9 Å². The van der Waals surface area contributed by atoms with Crippen LogP contribution in [0.15, 0.2) is 0 Å². The molecule has 1 saturated carbocycles. The van der Waals surface area contributed by atoms with Crippen molar-refractivity contribution in [2.45, 2.75) is 58.5 Å². The molecule has 0 spiro atoms. The Balaban J connectivity index is 2.28. The highest BCUT2D eigenvalue weighted by atomic mass is 16.5. The Kier molecular flexibility index (Phi) is 5.62. The van der Waals surface area contributed by atoms with Crippen molar-refractivity contribution in [1.82, 2.24) is 5.32 Å². The first-order valence-corrected chi connectivity index (χ1v) is 6.38. The Morgan fingerprint density at radius 3 is 2.73 bits per heavy atom. The summed E-state index contributed by atoms with van der Waals surface area (Å²) in [6, 6.07) is 1.31. The van der Waals surface area contributed by atoms with Crippen LogP contribution in [0, 0.1) is 11.8 Å². The fourth-order valence-corrected chi connectivity index (χ4v) is 2.51. The summed E-state index contributed by atoms with van der Waals surface area (Å²) in [5.74, 6) is 1.74. The van der Waals surface area contributed by atoms with Gasteiger partial charge in [0.05, 0.1) is 0 Å². The summed E-state index contributed by atoms with van der Waals surface area (Å²) in [4.78, 5) is 0. The average Bonchev–Trinajstić information content (AvgIpc) is 2.20. The third-order valence-corrected chi connectivity index (χ3v) is 3.71. The Bertz CT molecular complexity index is 172. The standard InChI is InChI=1S/C13H27NO/c1-10-5-6-11(2)13(9-10)14-12(3)7-8-15-4/h10-14H,5-9H2,1-4H3. The van der Waals surface area contributed by atoms with E-state index in [1.54, 1.807) is 7.11 Å². The second-order valence-corrected chi connectivity index (χ2v) is 5.35. The van der Waals surface area contributed by atoms with Gasteiger partial charge in [-0.1, -0.05) is 20.3 Å². The minimum Gasteiger partial charge on any atom is -0.385 e. The van der Waals surface area contributed by atoms with Crippen LogP contribution < -0.4 is 5.32 Å². The molecule has 15 heavy (non-hydrogen) atoms. The normalized spacial score (nSPS) is 34.0. The van der Waals surface area contributed by atoms with E-state index in [1.807, 2.05) is 0 Å².